The zero-order valence-electron chi connectivity index (χ0n) is 15.5. The summed E-state index contributed by atoms with van der Waals surface area (Å²) in [5.41, 5.74) is 0.381. The van der Waals surface area contributed by atoms with Gasteiger partial charge < -0.3 is 4.74 Å². The van der Waals surface area contributed by atoms with E-state index in [9.17, 15) is 9.59 Å². The molecule has 24 heavy (non-hydrogen) atoms. The van der Waals surface area contributed by atoms with E-state index in [1.54, 1.807) is 0 Å². The van der Waals surface area contributed by atoms with Gasteiger partial charge in [-0.2, -0.15) is 0 Å². The lowest BCUT2D eigenvalue weighted by atomic mass is 9.45. The predicted octanol–water partition coefficient (Wildman–Crippen LogP) is 4.53. The van der Waals surface area contributed by atoms with Crippen molar-refractivity contribution in [1.29, 1.82) is 0 Å². The molecule has 4 rings (SSSR count). The number of hydrogen-bond acceptors (Lipinski definition) is 3. The van der Waals surface area contributed by atoms with Crippen LogP contribution in [0.15, 0.2) is 0 Å². The van der Waals surface area contributed by atoms with Crippen LogP contribution in [0.5, 0.6) is 0 Å². The van der Waals surface area contributed by atoms with Gasteiger partial charge in [0.15, 0.2) is 0 Å². The molecule has 0 radical (unpaired) electrons. The van der Waals surface area contributed by atoms with E-state index in [1.165, 1.54) is 32.6 Å². The Morgan fingerprint density at radius 2 is 1.83 bits per heavy atom. The largest absolute Gasteiger partial charge is 0.463 e. The Bertz CT molecular complexity index is 555. The van der Waals surface area contributed by atoms with Crippen molar-refractivity contribution < 1.29 is 14.3 Å². The van der Waals surface area contributed by atoms with Gasteiger partial charge in [0.2, 0.25) is 0 Å². The fourth-order valence-electron chi connectivity index (χ4n) is 7.33. The standard InChI is InChI=1S/C21H32O3/c1-13(22)24-15-8-10-20(2)14(12-15)4-5-16-17-6-7-19(23)21(17,3)11-9-18(16)20/h14-18H,4-12H2,1-3H3/t14-,15-,16?,17?,18?,20-,21-/m0/s1. The Kier molecular flexibility index (Phi) is 3.85. The summed E-state index contributed by atoms with van der Waals surface area (Å²) < 4.78 is 5.54. The van der Waals surface area contributed by atoms with Gasteiger partial charge in [-0.15, -0.1) is 0 Å². The van der Waals surface area contributed by atoms with Gasteiger partial charge in [-0.3, -0.25) is 9.59 Å². The zero-order valence-corrected chi connectivity index (χ0v) is 15.5. The zero-order chi connectivity index (χ0) is 17.1. The van der Waals surface area contributed by atoms with E-state index in [0.29, 0.717) is 23.0 Å². The van der Waals surface area contributed by atoms with E-state index < -0.39 is 0 Å². The lowest BCUT2D eigenvalue weighted by Crippen LogP contribution is -2.54. The van der Waals surface area contributed by atoms with Crippen LogP contribution >= 0.6 is 0 Å². The van der Waals surface area contributed by atoms with Gasteiger partial charge in [0, 0.05) is 18.8 Å². The quantitative estimate of drug-likeness (QED) is 0.663. The maximum atomic E-state index is 12.5. The fraction of sp³-hybridized carbons (Fsp3) is 0.905. The summed E-state index contributed by atoms with van der Waals surface area (Å²) in [6.07, 6.45) is 10.2. The van der Waals surface area contributed by atoms with Crippen molar-refractivity contribution in [3.63, 3.8) is 0 Å². The van der Waals surface area contributed by atoms with Gasteiger partial charge >= 0.3 is 5.97 Å². The summed E-state index contributed by atoms with van der Waals surface area (Å²) in [7, 11) is 0. The molecule has 0 aromatic carbocycles. The summed E-state index contributed by atoms with van der Waals surface area (Å²) >= 11 is 0. The van der Waals surface area contributed by atoms with Crippen molar-refractivity contribution in [3.8, 4) is 0 Å². The summed E-state index contributed by atoms with van der Waals surface area (Å²) in [5, 5.41) is 0. The van der Waals surface area contributed by atoms with Crippen molar-refractivity contribution in [2.24, 2.45) is 34.5 Å². The topological polar surface area (TPSA) is 43.4 Å². The highest BCUT2D eigenvalue weighted by molar-refractivity contribution is 5.87. The molecular weight excluding hydrogens is 300 g/mol. The van der Waals surface area contributed by atoms with E-state index in [-0.39, 0.29) is 17.5 Å². The van der Waals surface area contributed by atoms with Crippen LogP contribution in [0, 0.1) is 34.5 Å². The van der Waals surface area contributed by atoms with Crippen LogP contribution in [0.2, 0.25) is 0 Å². The van der Waals surface area contributed by atoms with E-state index in [2.05, 4.69) is 13.8 Å². The molecule has 4 saturated carbocycles. The molecule has 134 valence electrons. The minimum Gasteiger partial charge on any atom is -0.463 e. The monoisotopic (exact) mass is 332 g/mol. The maximum absolute atomic E-state index is 12.5. The van der Waals surface area contributed by atoms with E-state index >= 15 is 0 Å². The van der Waals surface area contributed by atoms with Gasteiger partial charge in [-0.05, 0) is 80.5 Å². The van der Waals surface area contributed by atoms with Gasteiger partial charge in [0.1, 0.15) is 11.9 Å². The Labute approximate surface area is 145 Å². The van der Waals surface area contributed by atoms with Crippen molar-refractivity contribution in [3.05, 3.63) is 0 Å². The third kappa shape index (κ3) is 2.29. The highest BCUT2D eigenvalue weighted by Crippen LogP contribution is 2.65. The van der Waals surface area contributed by atoms with Gasteiger partial charge in [0.25, 0.3) is 0 Å². The molecule has 3 heteroatoms. The van der Waals surface area contributed by atoms with Gasteiger partial charge in [-0.25, -0.2) is 0 Å². The smallest absolute Gasteiger partial charge is 0.302 e. The number of carbonyl (C=O) groups excluding carboxylic acids is 2. The number of fused-ring (bicyclic) bond motifs is 5. The highest BCUT2D eigenvalue weighted by Gasteiger charge is 2.60. The van der Waals surface area contributed by atoms with Gasteiger partial charge in [0.05, 0.1) is 0 Å². The molecular formula is C21H32O3. The lowest BCUT2D eigenvalue weighted by molar-refractivity contribution is -0.160. The third-order valence-corrected chi connectivity index (χ3v) is 8.66. The second-order valence-corrected chi connectivity index (χ2v) is 9.58. The molecule has 0 bridgehead atoms. The third-order valence-electron chi connectivity index (χ3n) is 8.66. The van der Waals surface area contributed by atoms with Gasteiger partial charge in [-0.1, -0.05) is 13.8 Å². The first-order valence-corrected chi connectivity index (χ1v) is 10.0. The molecule has 0 amide bonds. The van der Waals surface area contributed by atoms with Crippen LogP contribution in [0.1, 0.15) is 78.6 Å². The first-order valence-electron chi connectivity index (χ1n) is 10.0. The van der Waals surface area contributed by atoms with Crippen LogP contribution in [-0.4, -0.2) is 17.9 Å². The van der Waals surface area contributed by atoms with E-state index in [4.69, 9.17) is 4.74 Å². The molecule has 4 aliphatic carbocycles. The molecule has 0 aliphatic heterocycles. The average Bonchev–Trinajstić information content (AvgIpc) is 2.83. The maximum Gasteiger partial charge on any atom is 0.302 e. The number of Topliss-reactive ketones (excluding diaryl/α,β-unsaturated/α-hetero) is 1. The van der Waals surface area contributed by atoms with E-state index in [0.717, 1.165) is 43.9 Å². The van der Waals surface area contributed by atoms with Crippen molar-refractivity contribution in [1.82, 2.24) is 0 Å². The molecule has 0 saturated heterocycles. The van der Waals surface area contributed by atoms with Crippen LogP contribution in [0.4, 0.5) is 0 Å². The fourth-order valence-corrected chi connectivity index (χ4v) is 7.33. The first-order chi connectivity index (χ1) is 11.3. The molecule has 0 heterocycles. The molecule has 3 nitrogen and oxygen atoms in total. The number of carbonyl (C=O) groups is 2. The summed E-state index contributed by atoms with van der Waals surface area (Å²) in [4.78, 5) is 23.8. The van der Waals surface area contributed by atoms with Crippen LogP contribution in [0.25, 0.3) is 0 Å². The molecule has 4 aliphatic rings. The summed E-state index contributed by atoms with van der Waals surface area (Å²) in [5.74, 6) is 3.26. The highest BCUT2D eigenvalue weighted by atomic mass is 16.5. The number of hydrogen-bond donors (Lipinski definition) is 0. The minimum absolute atomic E-state index is 0.0146. The molecule has 0 aromatic heterocycles. The number of esters is 1. The Hall–Kier alpha value is -0.860. The SMILES string of the molecule is CC(=O)O[C@H]1CC[C@]2(C)C3CC[C@]4(C)C(=O)CCC4C3CC[C@H]2C1. The lowest BCUT2D eigenvalue weighted by Gasteiger charge is -2.60. The summed E-state index contributed by atoms with van der Waals surface area (Å²) in [6, 6.07) is 0. The number of ketones is 1. The molecule has 0 N–H and O–H groups in total. The molecule has 0 aromatic rings. The predicted molar refractivity (Wildman–Crippen MR) is 92.3 cm³/mol. The minimum atomic E-state index is -0.129. The van der Waals surface area contributed by atoms with Crippen molar-refractivity contribution in [2.75, 3.05) is 0 Å². The molecule has 7 atom stereocenters. The van der Waals surface area contributed by atoms with E-state index in [1.807, 2.05) is 0 Å². The Balaban J connectivity index is 1.54. The van der Waals surface area contributed by atoms with Crippen LogP contribution in [-0.2, 0) is 14.3 Å². The van der Waals surface area contributed by atoms with Crippen molar-refractivity contribution >= 4 is 11.8 Å². The average molecular weight is 332 g/mol. The molecule has 3 unspecified atom stereocenters. The Morgan fingerprint density at radius 3 is 2.58 bits per heavy atom. The Morgan fingerprint density at radius 1 is 1.04 bits per heavy atom. The normalized spacial score (nSPS) is 50.6. The number of rotatable bonds is 1. The second-order valence-electron chi connectivity index (χ2n) is 9.58. The first kappa shape index (κ1) is 16.6. The van der Waals surface area contributed by atoms with Crippen LogP contribution in [0.3, 0.4) is 0 Å². The molecule has 0 spiro atoms. The molecule has 4 fully saturated rings. The second kappa shape index (κ2) is 5.57. The van der Waals surface area contributed by atoms with Crippen molar-refractivity contribution in [2.45, 2.75) is 84.7 Å². The number of ether oxygens (including phenoxy) is 1. The summed E-state index contributed by atoms with van der Waals surface area (Å²) in [6.45, 7) is 6.30. The van der Waals surface area contributed by atoms with Crippen LogP contribution < -0.4 is 0 Å².